The summed E-state index contributed by atoms with van der Waals surface area (Å²) in [5.74, 6) is -8.88. The van der Waals surface area contributed by atoms with Crippen LogP contribution in [0.5, 0.6) is 5.75 Å². The van der Waals surface area contributed by atoms with E-state index in [9.17, 15) is 35.6 Å². The van der Waals surface area contributed by atoms with Crippen molar-refractivity contribution in [2.75, 3.05) is 185 Å². The van der Waals surface area contributed by atoms with Crippen molar-refractivity contribution >= 4 is 39.7 Å². The Kier molecular flexibility index (Phi) is 34.2. The number of aliphatic imine (C=N–C) groups is 1. The molecule has 3 aromatic rings. The molecule has 1 fully saturated rings. The summed E-state index contributed by atoms with van der Waals surface area (Å²) in [6.07, 6.45) is 3.26. The molecule has 3 N–H and O–H groups in total. The Hall–Kier alpha value is -5.66. The Morgan fingerprint density at radius 2 is 1.19 bits per heavy atom. The molecule has 0 aliphatic carbocycles. The Morgan fingerprint density at radius 1 is 0.689 bits per heavy atom. The average Bonchev–Trinajstić information content (AvgIpc) is 0.878. The highest BCUT2D eigenvalue weighted by molar-refractivity contribution is 7.89. The maximum Gasteiger partial charge on any atom is 0.407 e. The number of esters is 1. The second kappa shape index (κ2) is 41.0. The van der Waals surface area contributed by atoms with Crippen LogP contribution in [0, 0.1) is 29.2 Å². The van der Waals surface area contributed by atoms with Crippen LogP contribution in [-0.4, -0.2) is 231 Å². The molecule has 0 aromatic heterocycles. The lowest BCUT2D eigenvalue weighted by Gasteiger charge is -2.40. The smallest absolute Gasteiger partial charge is 0.407 e. The highest BCUT2D eigenvalue weighted by Crippen LogP contribution is 2.35. The predicted molar refractivity (Wildman–Crippen MR) is 330 cm³/mol. The second-order valence-corrected chi connectivity index (χ2v) is 24.0. The Balaban J connectivity index is 0.792. The number of hydrogen-bond acceptors (Lipinski definition) is 20. The van der Waals surface area contributed by atoms with Crippen LogP contribution in [0.1, 0.15) is 58.9 Å². The molecule has 27 heteroatoms. The van der Waals surface area contributed by atoms with Gasteiger partial charge in [-0.1, -0.05) is 37.8 Å². The van der Waals surface area contributed by atoms with Crippen molar-refractivity contribution in [2.24, 2.45) is 16.6 Å². The zero-order valence-corrected chi connectivity index (χ0v) is 53.5. The number of allylic oxidation sites excluding steroid dienone is 1. The van der Waals surface area contributed by atoms with Gasteiger partial charge in [-0.25, -0.2) is 27.0 Å². The van der Waals surface area contributed by atoms with Gasteiger partial charge in [-0.05, 0) is 87.6 Å². The molecular weight excluding hydrogens is 1200 g/mol. The number of carbonyl (C=O) groups excluding carboxylic acids is 2. The molecule has 0 bridgehead atoms. The monoisotopic (exact) mass is 1300 g/mol. The standard InChI is InChI=1S/C63H92F4N6O16S/c1-7-16-72(17-9-15-69-62(75)89-63(3,4)5)47(2)52-39-51-13-12-50(41-56(51)70-57(68)42-52)49-10-8-11-53(40-49)90(76,77)73-45-48(46-73)44-71(6)18-20-79-22-24-81-26-28-83-30-32-85-34-36-87-38-37-86-35-33-84-31-29-82-27-25-80-23-21-78-19-14-58(74)88-61-59(66)54(64)43-55(65)60(61)67/h8,10-13,39-41,43,48H,2,7,9,14-38,42,44-46H2,1,3-6H3,(H2,68,70)(H,69,75). The molecule has 0 spiro atoms. The number of rotatable bonds is 47. The SMILES string of the molecule is C=C(C1=Cc2ccc(-c3cccc(S(=O)(=O)N4CC(CN(C)CCOCCOCCOCCOCCOCCOCCOCCOCCOCCOCCC(=O)Oc5c(F)c(F)cc(F)c5F)C4)c3)cc2N=C(N)C1)N(CCC)CCCNC(=O)OC(C)(C)C. The first kappa shape index (κ1) is 75.1. The highest BCUT2D eigenvalue weighted by Gasteiger charge is 2.37. The Bertz CT molecular complexity index is 2820. The molecule has 1 saturated heterocycles. The van der Waals surface area contributed by atoms with E-state index in [1.807, 2.05) is 52.1 Å². The van der Waals surface area contributed by atoms with Gasteiger partial charge in [0.1, 0.15) is 11.4 Å². The number of nitrogens with one attached hydrogen (secondary N) is 1. The van der Waals surface area contributed by atoms with E-state index in [1.165, 1.54) is 4.31 Å². The normalized spacial score (nSPS) is 13.8. The molecule has 2 aliphatic heterocycles. The van der Waals surface area contributed by atoms with Gasteiger partial charge < -0.3 is 77.7 Å². The van der Waals surface area contributed by atoms with Crippen LogP contribution < -0.4 is 15.8 Å². The van der Waals surface area contributed by atoms with E-state index < -0.39 is 63.1 Å². The lowest BCUT2D eigenvalue weighted by atomic mass is 10.00. The number of alkyl carbamates (subject to hydrolysis) is 1. The Morgan fingerprint density at radius 3 is 1.70 bits per heavy atom. The van der Waals surface area contributed by atoms with Crippen molar-refractivity contribution in [1.29, 1.82) is 0 Å². The van der Waals surface area contributed by atoms with E-state index in [1.54, 1.807) is 18.2 Å². The summed E-state index contributed by atoms with van der Waals surface area (Å²) >= 11 is 0. The molecule has 2 aliphatic rings. The third-order valence-electron chi connectivity index (χ3n) is 13.5. The first-order chi connectivity index (χ1) is 43.2. The molecule has 0 atom stereocenters. The third kappa shape index (κ3) is 28.1. The molecular formula is C63H92F4N6O16S. The van der Waals surface area contributed by atoms with Crippen molar-refractivity contribution in [3.8, 4) is 16.9 Å². The second-order valence-electron chi connectivity index (χ2n) is 22.1. The number of halogens is 4. The molecule has 3 aromatic carbocycles. The minimum Gasteiger partial charge on any atom is -0.444 e. The maximum atomic E-state index is 13.8. The summed E-state index contributed by atoms with van der Waals surface area (Å²) in [6.45, 7) is 23.4. The van der Waals surface area contributed by atoms with Crippen LogP contribution in [0.4, 0.5) is 28.0 Å². The molecule has 504 valence electrons. The van der Waals surface area contributed by atoms with Crippen LogP contribution in [0.3, 0.4) is 0 Å². The fourth-order valence-electron chi connectivity index (χ4n) is 9.00. The number of ether oxygens (including phenoxy) is 12. The minimum absolute atomic E-state index is 0.0151. The van der Waals surface area contributed by atoms with Gasteiger partial charge >= 0.3 is 12.1 Å². The van der Waals surface area contributed by atoms with Crippen molar-refractivity contribution < 1.29 is 92.4 Å². The molecule has 22 nitrogen and oxygen atoms in total. The summed E-state index contributed by atoms with van der Waals surface area (Å²) in [5, 5.41) is 2.83. The van der Waals surface area contributed by atoms with Crippen LogP contribution in [0.25, 0.3) is 17.2 Å². The lowest BCUT2D eigenvalue weighted by molar-refractivity contribution is -0.136. The van der Waals surface area contributed by atoms with Gasteiger partial charge in [0.15, 0.2) is 11.6 Å². The van der Waals surface area contributed by atoms with Gasteiger partial charge in [-0.15, -0.1) is 0 Å². The third-order valence-corrected chi connectivity index (χ3v) is 15.3. The number of fused-ring (bicyclic) bond motifs is 1. The topological polar surface area (TPSA) is 239 Å². The largest absolute Gasteiger partial charge is 0.444 e. The Labute approximate surface area is 527 Å². The van der Waals surface area contributed by atoms with Crippen LogP contribution in [-0.2, 0) is 66.9 Å². The highest BCUT2D eigenvalue weighted by atomic mass is 32.2. The van der Waals surface area contributed by atoms with E-state index in [4.69, 9.17) is 62.8 Å². The number of amides is 1. The fraction of sp³-hybridized carbons (Fsp3) is 0.603. The zero-order chi connectivity index (χ0) is 65.2. The van der Waals surface area contributed by atoms with Crippen molar-refractivity contribution in [2.45, 2.75) is 63.9 Å². The number of nitrogens with zero attached hydrogens (tertiary/aromatic N) is 4. The van der Waals surface area contributed by atoms with Gasteiger partial charge in [0.05, 0.1) is 149 Å². The molecule has 1 amide bonds. The van der Waals surface area contributed by atoms with Gasteiger partial charge in [0.25, 0.3) is 0 Å². The van der Waals surface area contributed by atoms with E-state index in [-0.39, 0.29) is 43.3 Å². The molecule has 2 heterocycles. The summed E-state index contributed by atoms with van der Waals surface area (Å²) in [6, 6.07) is 12.9. The number of likely N-dealkylation sites (N-methyl/N-ethyl adjacent to an activating group) is 1. The van der Waals surface area contributed by atoms with E-state index in [2.05, 4.69) is 39.4 Å². The van der Waals surface area contributed by atoms with Gasteiger partial charge in [-0.2, -0.15) is 13.1 Å². The van der Waals surface area contributed by atoms with Gasteiger partial charge in [0.2, 0.25) is 27.4 Å². The zero-order valence-electron chi connectivity index (χ0n) is 52.7. The predicted octanol–water partition coefficient (Wildman–Crippen LogP) is 7.54. The number of amidine groups is 1. The summed E-state index contributed by atoms with van der Waals surface area (Å²) in [7, 11) is -1.71. The summed E-state index contributed by atoms with van der Waals surface area (Å²) in [4.78, 5) is 33.3. The first-order valence-electron chi connectivity index (χ1n) is 30.4. The van der Waals surface area contributed by atoms with E-state index in [0.29, 0.717) is 163 Å². The van der Waals surface area contributed by atoms with E-state index in [0.717, 1.165) is 47.5 Å². The quantitative estimate of drug-likeness (QED) is 0.0182. The first-order valence-corrected chi connectivity index (χ1v) is 31.9. The van der Waals surface area contributed by atoms with Crippen molar-refractivity contribution in [3.05, 3.63) is 95.2 Å². The van der Waals surface area contributed by atoms with Gasteiger partial charge in [-0.3, -0.25) is 4.79 Å². The molecule has 5 rings (SSSR count). The lowest BCUT2D eigenvalue weighted by Crippen LogP contribution is -2.53. The molecule has 0 unspecified atom stereocenters. The summed E-state index contributed by atoms with van der Waals surface area (Å²) < 4.78 is 148. The van der Waals surface area contributed by atoms with Crippen molar-refractivity contribution in [1.82, 2.24) is 19.4 Å². The summed E-state index contributed by atoms with van der Waals surface area (Å²) in [5.41, 5.74) is 10.9. The number of carbonyl (C=O) groups is 2. The minimum atomic E-state index is -3.71. The van der Waals surface area contributed by atoms with Crippen molar-refractivity contribution in [3.63, 3.8) is 0 Å². The number of benzene rings is 3. The van der Waals surface area contributed by atoms with Gasteiger partial charge in [0, 0.05) is 69.6 Å². The number of sulfonamides is 1. The van der Waals surface area contributed by atoms with Crippen LogP contribution >= 0.6 is 0 Å². The number of nitrogens with two attached hydrogens (primary N) is 1. The maximum absolute atomic E-state index is 13.8. The van der Waals surface area contributed by atoms with Crippen LogP contribution in [0.15, 0.2) is 76.3 Å². The average molecular weight is 1300 g/mol. The van der Waals surface area contributed by atoms with E-state index >= 15 is 0 Å². The molecule has 90 heavy (non-hydrogen) atoms. The fourth-order valence-corrected chi connectivity index (χ4v) is 10.6. The molecule has 0 saturated carbocycles. The number of hydrogen-bond donors (Lipinski definition) is 2. The molecule has 0 radical (unpaired) electrons. The van der Waals surface area contributed by atoms with Crippen LogP contribution in [0.2, 0.25) is 0 Å².